The fraction of sp³-hybridized carbons (Fsp3) is 0.143. The van der Waals surface area contributed by atoms with Gasteiger partial charge < -0.3 is 9.47 Å². The highest BCUT2D eigenvalue weighted by molar-refractivity contribution is 5.74. The maximum absolute atomic E-state index is 10.5. The van der Waals surface area contributed by atoms with E-state index in [0.717, 1.165) is 11.8 Å². The van der Waals surface area contributed by atoms with Crippen LogP contribution in [0.5, 0.6) is 11.6 Å². The molecule has 0 aliphatic carbocycles. The highest BCUT2D eigenvalue weighted by Crippen LogP contribution is 2.18. The van der Waals surface area contributed by atoms with Gasteiger partial charge in [0.05, 0.1) is 12.7 Å². The van der Waals surface area contributed by atoms with Gasteiger partial charge in [0.1, 0.15) is 18.6 Å². The van der Waals surface area contributed by atoms with Gasteiger partial charge in [0.25, 0.3) is 0 Å². The summed E-state index contributed by atoms with van der Waals surface area (Å²) in [4.78, 5) is 14.6. The number of pyridine rings is 1. The summed E-state index contributed by atoms with van der Waals surface area (Å²) in [5.74, 6) is 1.26. The van der Waals surface area contributed by atoms with Crippen LogP contribution in [-0.4, -0.2) is 18.4 Å². The zero-order valence-corrected chi connectivity index (χ0v) is 10.00. The summed E-state index contributed by atoms with van der Waals surface area (Å²) in [7, 11) is 1.57. The van der Waals surface area contributed by atoms with Gasteiger partial charge in [-0.2, -0.15) is 0 Å². The van der Waals surface area contributed by atoms with Gasteiger partial charge in [-0.25, -0.2) is 4.98 Å². The molecule has 0 bridgehead atoms. The second-order valence-corrected chi connectivity index (χ2v) is 3.65. The van der Waals surface area contributed by atoms with E-state index < -0.39 is 0 Å². The zero-order valence-electron chi connectivity index (χ0n) is 10.00. The standard InChI is InChI=1S/C14H13NO3/c1-17-14-12(3-2-8-15-14)10-18-13-6-4-11(9-16)5-7-13/h2-9H,10H2,1H3. The Morgan fingerprint density at radius 1 is 1.22 bits per heavy atom. The Kier molecular flexibility index (Phi) is 3.91. The summed E-state index contributed by atoms with van der Waals surface area (Å²) in [5.41, 5.74) is 1.50. The topological polar surface area (TPSA) is 48.4 Å². The van der Waals surface area contributed by atoms with E-state index in [2.05, 4.69) is 4.98 Å². The van der Waals surface area contributed by atoms with Gasteiger partial charge in [0.2, 0.25) is 5.88 Å². The van der Waals surface area contributed by atoms with Gasteiger partial charge in [-0.15, -0.1) is 0 Å². The third-order valence-electron chi connectivity index (χ3n) is 2.45. The highest BCUT2D eigenvalue weighted by Gasteiger charge is 2.04. The zero-order chi connectivity index (χ0) is 12.8. The fourth-order valence-corrected chi connectivity index (χ4v) is 1.52. The van der Waals surface area contributed by atoms with Crippen molar-refractivity contribution in [2.24, 2.45) is 0 Å². The molecule has 0 N–H and O–H groups in total. The Bertz CT molecular complexity index is 523. The van der Waals surface area contributed by atoms with Crippen molar-refractivity contribution in [1.82, 2.24) is 4.98 Å². The molecule has 4 nitrogen and oxygen atoms in total. The van der Waals surface area contributed by atoms with Crippen molar-refractivity contribution in [2.45, 2.75) is 6.61 Å². The maximum Gasteiger partial charge on any atom is 0.219 e. The van der Waals surface area contributed by atoms with Crippen molar-refractivity contribution < 1.29 is 14.3 Å². The van der Waals surface area contributed by atoms with Crippen LogP contribution in [0.25, 0.3) is 0 Å². The van der Waals surface area contributed by atoms with E-state index in [1.165, 1.54) is 0 Å². The van der Waals surface area contributed by atoms with Crippen LogP contribution in [0.4, 0.5) is 0 Å². The lowest BCUT2D eigenvalue weighted by Crippen LogP contribution is -2.00. The predicted octanol–water partition coefficient (Wildman–Crippen LogP) is 2.48. The van der Waals surface area contributed by atoms with Crippen LogP contribution in [0.15, 0.2) is 42.6 Å². The summed E-state index contributed by atoms with van der Waals surface area (Å²) >= 11 is 0. The summed E-state index contributed by atoms with van der Waals surface area (Å²) in [6, 6.07) is 10.7. The van der Waals surface area contributed by atoms with Crippen LogP contribution >= 0.6 is 0 Å². The van der Waals surface area contributed by atoms with Crippen molar-refractivity contribution in [3.8, 4) is 11.6 Å². The van der Waals surface area contributed by atoms with Crippen LogP contribution in [0.1, 0.15) is 15.9 Å². The molecule has 0 aliphatic heterocycles. The minimum absolute atomic E-state index is 0.372. The molecule has 1 heterocycles. The Morgan fingerprint density at radius 3 is 2.67 bits per heavy atom. The number of hydrogen-bond donors (Lipinski definition) is 0. The van der Waals surface area contributed by atoms with E-state index in [9.17, 15) is 4.79 Å². The van der Waals surface area contributed by atoms with Gasteiger partial charge in [0.15, 0.2) is 0 Å². The van der Waals surface area contributed by atoms with Crippen molar-refractivity contribution in [3.63, 3.8) is 0 Å². The molecular formula is C14H13NO3. The van der Waals surface area contributed by atoms with Crippen molar-refractivity contribution in [2.75, 3.05) is 7.11 Å². The molecule has 0 fully saturated rings. The van der Waals surface area contributed by atoms with E-state index in [-0.39, 0.29) is 0 Å². The SMILES string of the molecule is COc1ncccc1COc1ccc(C=O)cc1. The summed E-state index contributed by atoms with van der Waals surface area (Å²) in [6.07, 6.45) is 2.47. The second kappa shape index (κ2) is 5.82. The van der Waals surface area contributed by atoms with E-state index in [0.29, 0.717) is 23.8 Å². The Balaban J connectivity index is 2.04. The number of ether oxygens (including phenoxy) is 2. The molecule has 0 radical (unpaired) electrons. The Morgan fingerprint density at radius 2 is 2.00 bits per heavy atom. The normalized spacial score (nSPS) is 9.83. The molecule has 2 aromatic rings. The highest BCUT2D eigenvalue weighted by atomic mass is 16.5. The van der Waals surface area contributed by atoms with Crippen molar-refractivity contribution in [3.05, 3.63) is 53.7 Å². The van der Waals surface area contributed by atoms with Crippen molar-refractivity contribution >= 4 is 6.29 Å². The minimum Gasteiger partial charge on any atom is -0.489 e. The van der Waals surface area contributed by atoms with E-state index in [1.807, 2.05) is 12.1 Å². The summed E-state index contributed by atoms with van der Waals surface area (Å²) in [5, 5.41) is 0. The first kappa shape index (κ1) is 12.1. The number of nitrogens with zero attached hydrogens (tertiary/aromatic N) is 1. The quantitative estimate of drug-likeness (QED) is 0.757. The molecule has 0 spiro atoms. The number of hydrogen-bond acceptors (Lipinski definition) is 4. The molecule has 0 aliphatic rings. The Hall–Kier alpha value is -2.36. The number of aldehydes is 1. The molecule has 92 valence electrons. The summed E-state index contributed by atoms with van der Waals surface area (Å²) in [6.45, 7) is 0.372. The largest absolute Gasteiger partial charge is 0.489 e. The molecule has 0 saturated carbocycles. The lowest BCUT2D eigenvalue weighted by Gasteiger charge is -2.09. The maximum atomic E-state index is 10.5. The predicted molar refractivity (Wildman–Crippen MR) is 67.0 cm³/mol. The third-order valence-corrected chi connectivity index (χ3v) is 2.45. The molecule has 0 amide bonds. The van der Waals surface area contributed by atoms with Gasteiger partial charge in [0, 0.05) is 11.8 Å². The smallest absolute Gasteiger partial charge is 0.219 e. The first-order valence-electron chi connectivity index (χ1n) is 5.49. The molecule has 2 rings (SSSR count). The van der Waals surface area contributed by atoms with Gasteiger partial charge in [-0.3, -0.25) is 4.79 Å². The monoisotopic (exact) mass is 243 g/mol. The molecule has 18 heavy (non-hydrogen) atoms. The molecule has 1 aromatic heterocycles. The van der Waals surface area contributed by atoms with Crippen LogP contribution in [0.3, 0.4) is 0 Å². The molecule has 1 aromatic carbocycles. The van der Waals surface area contributed by atoms with E-state index in [4.69, 9.17) is 9.47 Å². The minimum atomic E-state index is 0.372. The molecule has 0 saturated heterocycles. The van der Waals surface area contributed by atoms with E-state index in [1.54, 1.807) is 37.6 Å². The number of benzene rings is 1. The third kappa shape index (κ3) is 2.85. The number of carbonyl (C=O) groups is 1. The Labute approximate surface area is 105 Å². The van der Waals surface area contributed by atoms with Crippen LogP contribution in [-0.2, 0) is 6.61 Å². The fourth-order valence-electron chi connectivity index (χ4n) is 1.52. The van der Waals surface area contributed by atoms with Gasteiger partial charge >= 0.3 is 0 Å². The number of carbonyl (C=O) groups excluding carboxylic acids is 1. The van der Waals surface area contributed by atoms with Gasteiger partial charge in [-0.1, -0.05) is 0 Å². The average Bonchev–Trinajstić information content (AvgIpc) is 2.46. The number of rotatable bonds is 5. The molecule has 0 atom stereocenters. The average molecular weight is 243 g/mol. The number of methoxy groups -OCH3 is 1. The lowest BCUT2D eigenvalue weighted by molar-refractivity contribution is 0.112. The summed E-state index contributed by atoms with van der Waals surface area (Å²) < 4.78 is 10.7. The van der Waals surface area contributed by atoms with Crippen LogP contribution in [0, 0.1) is 0 Å². The first-order valence-corrected chi connectivity index (χ1v) is 5.49. The molecular weight excluding hydrogens is 230 g/mol. The van der Waals surface area contributed by atoms with Crippen LogP contribution in [0.2, 0.25) is 0 Å². The lowest BCUT2D eigenvalue weighted by atomic mass is 10.2. The van der Waals surface area contributed by atoms with Gasteiger partial charge in [-0.05, 0) is 36.4 Å². The van der Waals surface area contributed by atoms with E-state index >= 15 is 0 Å². The van der Waals surface area contributed by atoms with Crippen molar-refractivity contribution in [1.29, 1.82) is 0 Å². The first-order chi connectivity index (χ1) is 8.83. The second-order valence-electron chi connectivity index (χ2n) is 3.65. The number of aromatic nitrogens is 1. The van der Waals surface area contributed by atoms with Crippen LogP contribution < -0.4 is 9.47 Å². The molecule has 4 heteroatoms. The molecule has 0 unspecified atom stereocenters.